The topological polar surface area (TPSA) is 20.2 Å². The first kappa shape index (κ1) is 22.5. The zero-order chi connectivity index (χ0) is 22.4. The Morgan fingerprint density at radius 1 is 0.871 bits per heavy atom. The molecule has 0 amide bonds. The van der Waals surface area contributed by atoms with E-state index in [9.17, 15) is 5.11 Å². The molecule has 8 unspecified atom stereocenters. The highest BCUT2D eigenvalue weighted by molar-refractivity contribution is 5.30. The zero-order valence-electron chi connectivity index (χ0n) is 21.7. The lowest BCUT2D eigenvalue weighted by molar-refractivity contribution is -0.161. The molecule has 31 heavy (non-hydrogen) atoms. The van der Waals surface area contributed by atoms with Gasteiger partial charge in [0.05, 0.1) is 6.10 Å². The second-order valence-corrected chi connectivity index (χ2v) is 14.4. The number of fused-ring (bicyclic) bond motifs is 2. The molecule has 0 aliphatic heterocycles. The molecule has 1 nitrogen and oxygen atoms in total. The predicted octanol–water partition coefficient (Wildman–Crippen LogP) is 8.17. The average molecular weight is 427 g/mol. The van der Waals surface area contributed by atoms with Crippen LogP contribution >= 0.6 is 0 Å². The Morgan fingerprint density at radius 2 is 1.55 bits per heavy atom. The van der Waals surface area contributed by atoms with Crippen LogP contribution in [0.3, 0.4) is 0 Å². The van der Waals surface area contributed by atoms with E-state index >= 15 is 0 Å². The van der Waals surface area contributed by atoms with Crippen LogP contribution in [0, 0.1) is 50.7 Å². The number of allylic oxidation sites excluding steroid dienone is 2. The molecule has 5 aliphatic rings. The molecule has 5 rings (SSSR count). The van der Waals surface area contributed by atoms with Gasteiger partial charge in [0.1, 0.15) is 0 Å². The number of hydrogen-bond donors (Lipinski definition) is 1. The number of rotatable bonds is 4. The van der Waals surface area contributed by atoms with Crippen molar-refractivity contribution in [3.8, 4) is 0 Å². The highest BCUT2D eigenvalue weighted by atomic mass is 16.3. The first-order chi connectivity index (χ1) is 14.4. The van der Waals surface area contributed by atoms with Gasteiger partial charge in [0.25, 0.3) is 0 Å². The van der Waals surface area contributed by atoms with Gasteiger partial charge < -0.3 is 5.11 Å². The maximum absolute atomic E-state index is 10.8. The minimum atomic E-state index is -0.0840. The van der Waals surface area contributed by atoms with Gasteiger partial charge >= 0.3 is 0 Å². The van der Waals surface area contributed by atoms with Crippen LogP contribution in [0.5, 0.6) is 0 Å². The van der Waals surface area contributed by atoms with Gasteiger partial charge in [-0.1, -0.05) is 46.3 Å². The summed E-state index contributed by atoms with van der Waals surface area (Å²) < 4.78 is 0. The van der Waals surface area contributed by atoms with Crippen molar-refractivity contribution in [1.29, 1.82) is 0 Å². The van der Waals surface area contributed by atoms with E-state index in [4.69, 9.17) is 0 Å². The highest BCUT2D eigenvalue weighted by Crippen LogP contribution is 2.89. The summed E-state index contributed by atoms with van der Waals surface area (Å²) in [5, 5.41) is 10.8. The molecular formula is C30H50O. The third kappa shape index (κ3) is 2.71. The van der Waals surface area contributed by atoms with Gasteiger partial charge in [0, 0.05) is 0 Å². The SMILES string of the molecule is CC(C)=CCCC(C)C1CC[C@@]2(C)C3CCC4C(C)(C)C(O)CCC45CC35CCC12C. The van der Waals surface area contributed by atoms with Gasteiger partial charge in [-0.2, -0.15) is 0 Å². The third-order valence-electron chi connectivity index (χ3n) is 13.0. The summed E-state index contributed by atoms with van der Waals surface area (Å²) in [5.74, 6) is 3.46. The summed E-state index contributed by atoms with van der Waals surface area (Å²) in [6.07, 6.45) is 17.6. The molecular weight excluding hydrogens is 376 g/mol. The Labute approximate surface area is 192 Å². The molecule has 0 saturated heterocycles. The van der Waals surface area contributed by atoms with Crippen molar-refractivity contribution in [2.75, 3.05) is 0 Å². The zero-order valence-corrected chi connectivity index (χ0v) is 21.7. The van der Waals surface area contributed by atoms with Gasteiger partial charge in [-0.3, -0.25) is 0 Å². The quantitative estimate of drug-likeness (QED) is 0.449. The van der Waals surface area contributed by atoms with Crippen LogP contribution in [0.15, 0.2) is 11.6 Å². The van der Waals surface area contributed by atoms with E-state index < -0.39 is 0 Å². The van der Waals surface area contributed by atoms with Crippen molar-refractivity contribution in [2.45, 2.75) is 125 Å². The molecule has 0 aromatic carbocycles. The second-order valence-electron chi connectivity index (χ2n) is 14.4. The van der Waals surface area contributed by atoms with Gasteiger partial charge in [-0.25, -0.2) is 0 Å². The van der Waals surface area contributed by atoms with Crippen LogP contribution in [0.2, 0.25) is 0 Å². The summed E-state index contributed by atoms with van der Waals surface area (Å²) in [4.78, 5) is 0. The third-order valence-corrected chi connectivity index (χ3v) is 13.0. The van der Waals surface area contributed by atoms with Gasteiger partial charge in [0.2, 0.25) is 0 Å². The fourth-order valence-electron chi connectivity index (χ4n) is 11.1. The molecule has 176 valence electrons. The Bertz CT molecular complexity index is 760. The Balaban J connectivity index is 1.41. The molecule has 0 radical (unpaired) electrons. The lowest BCUT2D eigenvalue weighted by Crippen LogP contribution is -2.57. The molecule has 5 aliphatic carbocycles. The van der Waals surface area contributed by atoms with Crippen LogP contribution < -0.4 is 0 Å². The van der Waals surface area contributed by atoms with E-state index in [1.54, 1.807) is 0 Å². The molecule has 5 fully saturated rings. The average Bonchev–Trinajstić information content (AvgIpc) is 3.27. The predicted molar refractivity (Wildman–Crippen MR) is 131 cm³/mol. The van der Waals surface area contributed by atoms with Gasteiger partial charge in [-0.05, 0) is 135 Å². The molecule has 0 aromatic rings. The fraction of sp³-hybridized carbons (Fsp3) is 0.933. The van der Waals surface area contributed by atoms with Crippen molar-refractivity contribution in [2.24, 2.45) is 50.7 Å². The molecule has 2 spiro atoms. The van der Waals surface area contributed by atoms with E-state index in [1.165, 1.54) is 69.8 Å². The van der Waals surface area contributed by atoms with Crippen molar-refractivity contribution >= 4 is 0 Å². The monoisotopic (exact) mass is 426 g/mol. The van der Waals surface area contributed by atoms with E-state index in [1.807, 2.05) is 0 Å². The fourth-order valence-corrected chi connectivity index (χ4v) is 11.1. The summed E-state index contributed by atoms with van der Waals surface area (Å²) in [6, 6.07) is 0. The van der Waals surface area contributed by atoms with Gasteiger partial charge in [0.15, 0.2) is 0 Å². The number of hydrogen-bond acceptors (Lipinski definition) is 1. The number of aliphatic hydroxyl groups is 1. The van der Waals surface area contributed by atoms with Crippen LogP contribution in [-0.4, -0.2) is 11.2 Å². The molecule has 0 aromatic heterocycles. The normalized spacial score (nSPS) is 52.9. The van der Waals surface area contributed by atoms with E-state index in [2.05, 4.69) is 54.5 Å². The summed E-state index contributed by atoms with van der Waals surface area (Å²) in [7, 11) is 0. The molecule has 5 saturated carbocycles. The van der Waals surface area contributed by atoms with Crippen LogP contribution in [0.4, 0.5) is 0 Å². The summed E-state index contributed by atoms with van der Waals surface area (Å²) >= 11 is 0. The summed E-state index contributed by atoms with van der Waals surface area (Å²) in [5.41, 5.74) is 3.87. The standard InChI is InChI=1S/C30H50O/c1-20(2)9-8-10-21(3)22-13-15-28(7)24-12-11-23-26(4,5)25(31)14-16-29(23)19-30(24,29)18-17-27(22,28)6/h9,21-25,31H,8,10-19H2,1-7H3/t21?,22?,23?,24?,25?,27?,28-,29?,30?/m0/s1. The summed E-state index contributed by atoms with van der Waals surface area (Å²) in [6.45, 7) is 17.3. The maximum Gasteiger partial charge on any atom is 0.0594 e. The lowest BCUT2D eigenvalue weighted by atomic mass is 9.41. The van der Waals surface area contributed by atoms with Crippen LogP contribution in [-0.2, 0) is 0 Å². The van der Waals surface area contributed by atoms with Crippen molar-refractivity contribution in [1.82, 2.24) is 0 Å². The molecule has 1 heteroatoms. The Hall–Kier alpha value is -0.300. The maximum atomic E-state index is 10.8. The second kappa shape index (κ2) is 6.86. The Kier molecular flexibility index (Phi) is 4.98. The highest BCUT2D eigenvalue weighted by Gasteiger charge is 2.82. The minimum Gasteiger partial charge on any atom is -0.393 e. The van der Waals surface area contributed by atoms with E-state index in [-0.39, 0.29) is 11.5 Å². The van der Waals surface area contributed by atoms with Crippen molar-refractivity contribution < 1.29 is 5.11 Å². The van der Waals surface area contributed by atoms with Crippen LogP contribution in [0.25, 0.3) is 0 Å². The van der Waals surface area contributed by atoms with Crippen LogP contribution in [0.1, 0.15) is 119 Å². The first-order valence-corrected chi connectivity index (χ1v) is 13.8. The lowest BCUT2D eigenvalue weighted by Gasteiger charge is -2.63. The number of aliphatic hydroxyl groups excluding tert-OH is 1. The van der Waals surface area contributed by atoms with Crippen molar-refractivity contribution in [3.05, 3.63) is 11.6 Å². The molecule has 1 N–H and O–H groups in total. The smallest absolute Gasteiger partial charge is 0.0594 e. The molecule has 9 atom stereocenters. The molecule has 0 bridgehead atoms. The van der Waals surface area contributed by atoms with Crippen molar-refractivity contribution in [3.63, 3.8) is 0 Å². The minimum absolute atomic E-state index is 0.0840. The molecule has 0 heterocycles. The largest absolute Gasteiger partial charge is 0.393 e. The van der Waals surface area contributed by atoms with E-state index in [0.717, 1.165) is 30.1 Å². The Morgan fingerprint density at radius 3 is 2.26 bits per heavy atom. The van der Waals surface area contributed by atoms with Gasteiger partial charge in [-0.15, -0.1) is 0 Å². The first-order valence-electron chi connectivity index (χ1n) is 13.8. The van der Waals surface area contributed by atoms with E-state index in [0.29, 0.717) is 21.7 Å².